The van der Waals surface area contributed by atoms with E-state index in [1.165, 1.54) is 0 Å². The van der Waals surface area contributed by atoms with Crippen molar-refractivity contribution in [1.82, 2.24) is 19.0 Å². The number of carbonyl (C=O) groups excluding carboxylic acids is 1. The number of amides is 1. The number of nitriles is 2. The Morgan fingerprint density at radius 2 is 2.06 bits per heavy atom. The molecule has 8 nitrogen and oxygen atoms in total. The quantitative estimate of drug-likeness (QED) is 0.519. The van der Waals surface area contributed by atoms with Crippen LogP contribution < -0.4 is 4.90 Å². The molecule has 150 valence electrons. The molecule has 4 aromatic heterocycles. The van der Waals surface area contributed by atoms with Gasteiger partial charge in [0, 0.05) is 30.7 Å². The fourth-order valence-electron chi connectivity index (χ4n) is 4.75. The van der Waals surface area contributed by atoms with Crippen LogP contribution >= 0.6 is 0 Å². The average molecular weight is 407 g/mol. The van der Waals surface area contributed by atoms with Gasteiger partial charge in [0.05, 0.1) is 40.8 Å². The summed E-state index contributed by atoms with van der Waals surface area (Å²) in [5.41, 5.74) is 3.71. The van der Waals surface area contributed by atoms with E-state index in [2.05, 4.69) is 22.2 Å². The molecule has 5 heterocycles. The van der Waals surface area contributed by atoms with Crippen molar-refractivity contribution < 1.29 is 4.79 Å². The van der Waals surface area contributed by atoms with E-state index in [0.717, 1.165) is 35.3 Å². The largest absolute Gasteiger partial charge is 0.309 e. The van der Waals surface area contributed by atoms with E-state index in [0.29, 0.717) is 24.2 Å². The maximum absolute atomic E-state index is 13.3. The molecule has 0 aromatic carbocycles. The second-order valence-corrected chi connectivity index (χ2v) is 8.24. The lowest BCUT2D eigenvalue weighted by molar-refractivity contribution is -0.123. The maximum atomic E-state index is 13.3. The molecule has 1 aliphatic heterocycles. The van der Waals surface area contributed by atoms with Gasteiger partial charge in [-0.1, -0.05) is 0 Å². The van der Waals surface area contributed by atoms with Crippen molar-refractivity contribution >= 4 is 22.8 Å². The Labute approximate surface area is 177 Å². The maximum Gasteiger partial charge on any atom is 0.247 e. The van der Waals surface area contributed by atoms with Crippen LogP contribution in [0.15, 0.2) is 49.1 Å². The zero-order valence-corrected chi connectivity index (χ0v) is 16.6. The van der Waals surface area contributed by atoms with Gasteiger partial charge in [0.1, 0.15) is 11.1 Å². The number of hydrogen-bond acceptors (Lipinski definition) is 5. The molecule has 1 saturated carbocycles. The van der Waals surface area contributed by atoms with Gasteiger partial charge >= 0.3 is 0 Å². The lowest BCUT2D eigenvalue weighted by atomic mass is 9.83. The van der Waals surface area contributed by atoms with Gasteiger partial charge in [-0.15, -0.1) is 0 Å². The number of anilines is 1. The molecule has 31 heavy (non-hydrogen) atoms. The number of imidazole rings is 1. The van der Waals surface area contributed by atoms with Crippen LogP contribution in [0.4, 0.5) is 5.69 Å². The molecule has 2 aliphatic rings. The smallest absolute Gasteiger partial charge is 0.247 e. The predicted molar refractivity (Wildman–Crippen MR) is 112 cm³/mol. The second kappa shape index (κ2) is 6.16. The molecule has 0 radical (unpaired) electrons. The van der Waals surface area contributed by atoms with Crippen molar-refractivity contribution in [2.24, 2.45) is 11.3 Å². The Morgan fingerprint density at radius 1 is 1.19 bits per heavy atom. The molecule has 4 aromatic rings. The Balaban J connectivity index is 1.45. The summed E-state index contributed by atoms with van der Waals surface area (Å²) in [5, 5.41) is 23.3. The van der Waals surface area contributed by atoms with E-state index in [1.807, 2.05) is 28.9 Å². The standard InChI is InChI=1S/C23H17N7O/c24-11-15-4-7-28-20(12-26-21(28)9-15)16-10-19-18(3-6-27-30(19)13-16)29-8-5-23(14-25,22(29)31)17-1-2-17/h3-4,6-7,9-10,12-13,17H,1-2,5,8H2/t23-/m1/s1. The molecule has 0 spiro atoms. The second-order valence-electron chi connectivity index (χ2n) is 8.24. The van der Waals surface area contributed by atoms with Crippen molar-refractivity contribution in [3.63, 3.8) is 0 Å². The molecule has 6 rings (SSSR count). The van der Waals surface area contributed by atoms with Gasteiger partial charge in [0.15, 0.2) is 0 Å². The number of hydrogen-bond donors (Lipinski definition) is 0. The third-order valence-corrected chi connectivity index (χ3v) is 6.55. The number of carbonyl (C=O) groups is 1. The first-order valence-corrected chi connectivity index (χ1v) is 10.2. The minimum Gasteiger partial charge on any atom is -0.309 e. The van der Waals surface area contributed by atoms with E-state index in [9.17, 15) is 10.1 Å². The highest BCUT2D eigenvalue weighted by molar-refractivity contribution is 6.05. The average Bonchev–Trinajstić information content (AvgIpc) is 3.28. The van der Waals surface area contributed by atoms with Gasteiger partial charge in [0.25, 0.3) is 0 Å². The van der Waals surface area contributed by atoms with Crippen LogP contribution in [0.5, 0.6) is 0 Å². The summed E-state index contributed by atoms with van der Waals surface area (Å²) in [5.74, 6) is 0.0962. The van der Waals surface area contributed by atoms with Crippen LogP contribution in [0.3, 0.4) is 0 Å². The van der Waals surface area contributed by atoms with Crippen molar-refractivity contribution in [2.75, 3.05) is 11.4 Å². The highest BCUT2D eigenvalue weighted by Crippen LogP contribution is 2.52. The fourth-order valence-corrected chi connectivity index (χ4v) is 4.75. The minimum absolute atomic E-state index is 0.0906. The lowest BCUT2D eigenvalue weighted by Crippen LogP contribution is -2.35. The highest BCUT2D eigenvalue weighted by Gasteiger charge is 2.57. The first-order chi connectivity index (χ1) is 15.1. The first-order valence-electron chi connectivity index (χ1n) is 10.2. The number of fused-ring (bicyclic) bond motifs is 2. The molecule has 1 aliphatic carbocycles. The van der Waals surface area contributed by atoms with E-state index in [-0.39, 0.29) is 11.8 Å². The van der Waals surface area contributed by atoms with Gasteiger partial charge < -0.3 is 4.90 Å². The Kier molecular flexibility index (Phi) is 3.51. The molecular formula is C23H17N7O. The molecule has 0 N–H and O–H groups in total. The number of aromatic nitrogens is 4. The predicted octanol–water partition coefficient (Wildman–Crippen LogP) is 3.18. The Bertz CT molecular complexity index is 1460. The summed E-state index contributed by atoms with van der Waals surface area (Å²) < 4.78 is 3.68. The van der Waals surface area contributed by atoms with Gasteiger partial charge in [-0.25, -0.2) is 9.50 Å². The molecule has 8 heteroatoms. The summed E-state index contributed by atoms with van der Waals surface area (Å²) in [6.07, 6.45) is 9.65. The van der Waals surface area contributed by atoms with Crippen LogP contribution in [0.25, 0.3) is 22.4 Å². The monoisotopic (exact) mass is 407 g/mol. The summed E-state index contributed by atoms with van der Waals surface area (Å²) in [6, 6.07) is 11.8. The first kappa shape index (κ1) is 17.7. The molecule has 0 unspecified atom stereocenters. The molecule has 0 bridgehead atoms. The van der Waals surface area contributed by atoms with Gasteiger partial charge in [-0.3, -0.25) is 9.20 Å². The third-order valence-electron chi connectivity index (χ3n) is 6.55. The molecule has 1 atom stereocenters. The Hall–Kier alpha value is -4.17. The zero-order chi connectivity index (χ0) is 21.2. The van der Waals surface area contributed by atoms with Crippen LogP contribution in [-0.4, -0.2) is 31.5 Å². The number of nitrogens with zero attached hydrogens (tertiary/aromatic N) is 7. The van der Waals surface area contributed by atoms with Gasteiger partial charge in [-0.05, 0) is 49.4 Å². The minimum atomic E-state index is -0.879. The number of rotatable bonds is 3. The van der Waals surface area contributed by atoms with Crippen molar-refractivity contribution in [3.8, 4) is 23.4 Å². The molecule has 2 fully saturated rings. The van der Waals surface area contributed by atoms with Gasteiger partial charge in [-0.2, -0.15) is 15.6 Å². The number of pyridine rings is 1. The Morgan fingerprint density at radius 3 is 2.84 bits per heavy atom. The lowest BCUT2D eigenvalue weighted by Gasteiger charge is -2.21. The SMILES string of the molecule is N#Cc1ccn2c(-c3cc4c(N5CC[C@@](C#N)(C6CC6)C5=O)ccnn4c3)cnc2c1. The van der Waals surface area contributed by atoms with Gasteiger partial charge in [0.2, 0.25) is 5.91 Å². The summed E-state index contributed by atoms with van der Waals surface area (Å²) >= 11 is 0. The summed E-state index contributed by atoms with van der Waals surface area (Å²) in [4.78, 5) is 19.5. The fraction of sp³-hybridized carbons (Fsp3) is 0.261. The molecule has 1 saturated heterocycles. The molecule has 1 amide bonds. The van der Waals surface area contributed by atoms with Crippen molar-refractivity contribution in [1.29, 1.82) is 10.5 Å². The molecular weight excluding hydrogens is 390 g/mol. The van der Waals surface area contributed by atoms with Crippen molar-refractivity contribution in [3.05, 3.63) is 54.6 Å². The van der Waals surface area contributed by atoms with E-state index in [4.69, 9.17) is 5.26 Å². The van der Waals surface area contributed by atoms with Crippen LogP contribution in [0, 0.1) is 34.0 Å². The van der Waals surface area contributed by atoms with E-state index in [1.54, 1.807) is 33.9 Å². The van der Waals surface area contributed by atoms with Crippen LogP contribution in [0.2, 0.25) is 0 Å². The van der Waals surface area contributed by atoms with E-state index >= 15 is 0 Å². The highest BCUT2D eigenvalue weighted by atomic mass is 16.2. The summed E-state index contributed by atoms with van der Waals surface area (Å²) in [7, 11) is 0. The van der Waals surface area contributed by atoms with Crippen LogP contribution in [-0.2, 0) is 4.79 Å². The normalized spacial score (nSPS) is 21.0. The van der Waals surface area contributed by atoms with Crippen LogP contribution in [0.1, 0.15) is 24.8 Å². The topological polar surface area (TPSA) is 102 Å². The van der Waals surface area contributed by atoms with E-state index < -0.39 is 5.41 Å². The zero-order valence-electron chi connectivity index (χ0n) is 16.6. The summed E-state index contributed by atoms with van der Waals surface area (Å²) in [6.45, 7) is 0.537. The van der Waals surface area contributed by atoms with Crippen molar-refractivity contribution in [2.45, 2.75) is 19.3 Å². The third kappa shape index (κ3) is 2.42.